The number of thiophene rings is 1. The zero-order valence-electron chi connectivity index (χ0n) is 32.0. The molecule has 0 spiro atoms. The van der Waals surface area contributed by atoms with Crippen LogP contribution in [0.1, 0.15) is 63.8 Å². The van der Waals surface area contributed by atoms with Crippen LogP contribution in [0.4, 0.5) is 11.4 Å². The number of hydrogen-bond acceptors (Lipinski definition) is 2. The minimum absolute atomic E-state index is 0.123. The van der Waals surface area contributed by atoms with Gasteiger partial charge < -0.3 is 4.90 Å². The van der Waals surface area contributed by atoms with E-state index in [1.165, 1.54) is 81.0 Å². The van der Waals surface area contributed by atoms with Gasteiger partial charge in [0.2, 0.25) is 0 Å². The van der Waals surface area contributed by atoms with Crippen molar-refractivity contribution in [3.05, 3.63) is 191 Å². The van der Waals surface area contributed by atoms with Gasteiger partial charge in [-0.25, -0.2) is 0 Å². The standard InChI is InChI=1S/C52H45NS/c1-8-37(26-23-36-31-45-47(51(36,4)5)30-29-44-43-18-12-13-20-49(43)54-50(44)45)53(39-27-28-40-33(3)46(9-2)52(6,7)48(40)32-39)38-24-21-35(22-25-38)42-19-14-16-34-15-10-11-17-41(34)42/h8-32H,2H2,1,3-7H3/b26-23-,37-8+. The molecule has 0 fully saturated rings. The Hall–Kier alpha value is -5.70. The molecule has 0 radical (unpaired) electrons. The van der Waals surface area contributed by atoms with Crippen LogP contribution in [-0.4, -0.2) is 0 Å². The average Bonchev–Trinajstić information content (AvgIpc) is 3.76. The van der Waals surface area contributed by atoms with E-state index >= 15 is 0 Å². The first-order valence-electron chi connectivity index (χ1n) is 19.0. The Balaban J connectivity index is 1.15. The van der Waals surface area contributed by atoms with Gasteiger partial charge in [0.25, 0.3) is 0 Å². The highest BCUT2D eigenvalue weighted by Gasteiger charge is 2.36. The molecule has 2 heteroatoms. The molecule has 0 amide bonds. The third-order valence-corrected chi connectivity index (χ3v) is 13.3. The van der Waals surface area contributed by atoms with Gasteiger partial charge in [0, 0.05) is 48.1 Å². The first-order valence-corrected chi connectivity index (χ1v) is 19.8. The van der Waals surface area contributed by atoms with Crippen molar-refractivity contribution in [3.8, 4) is 11.1 Å². The van der Waals surface area contributed by atoms with Crippen LogP contribution in [0.3, 0.4) is 0 Å². The molecule has 0 aliphatic heterocycles. The van der Waals surface area contributed by atoms with Crippen LogP contribution in [0, 0.1) is 0 Å². The molecule has 6 aromatic carbocycles. The van der Waals surface area contributed by atoms with E-state index in [2.05, 4.69) is 199 Å². The minimum atomic E-state index is -0.130. The molecule has 0 N–H and O–H groups in total. The molecule has 0 unspecified atom stereocenters. The lowest BCUT2D eigenvalue weighted by Gasteiger charge is -2.30. The smallest absolute Gasteiger partial charge is 0.0464 e. The van der Waals surface area contributed by atoms with Crippen LogP contribution in [0.15, 0.2) is 169 Å². The second-order valence-corrected chi connectivity index (χ2v) is 16.8. The maximum atomic E-state index is 4.20. The third kappa shape index (κ3) is 5.19. The summed E-state index contributed by atoms with van der Waals surface area (Å²) in [6.45, 7) is 18.0. The first kappa shape index (κ1) is 34.1. The van der Waals surface area contributed by atoms with Crippen molar-refractivity contribution in [2.24, 2.45) is 0 Å². The van der Waals surface area contributed by atoms with Crippen molar-refractivity contribution in [1.29, 1.82) is 0 Å². The van der Waals surface area contributed by atoms with Crippen LogP contribution >= 0.6 is 11.3 Å². The number of anilines is 2. The van der Waals surface area contributed by atoms with E-state index in [4.69, 9.17) is 0 Å². The quantitative estimate of drug-likeness (QED) is 0.149. The Bertz CT molecular complexity index is 2790. The maximum Gasteiger partial charge on any atom is 0.0464 e. The van der Waals surface area contributed by atoms with Crippen LogP contribution < -0.4 is 4.90 Å². The first-order chi connectivity index (χ1) is 26.1. The Morgan fingerprint density at radius 1 is 0.685 bits per heavy atom. The molecule has 1 heterocycles. The normalized spacial score (nSPS) is 16.0. The van der Waals surface area contributed by atoms with Crippen LogP contribution in [0.5, 0.6) is 0 Å². The van der Waals surface area contributed by atoms with Crippen molar-refractivity contribution in [1.82, 2.24) is 0 Å². The molecular weight excluding hydrogens is 671 g/mol. The van der Waals surface area contributed by atoms with Crippen molar-refractivity contribution >= 4 is 65.3 Å². The molecule has 2 aliphatic carbocycles. The highest BCUT2D eigenvalue weighted by molar-refractivity contribution is 7.26. The van der Waals surface area contributed by atoms with E-state index in [1.54, 1.807) is 0 Å². The molecule has 0 bridgehead atoms. The lowest BCUT2D eigenvalue weighted by molar-refractivity contribution is 0.654. The molecule has 1 nitrogen and oxygen atoms in total. The molecule has 0 saturated carbocycles. The molecule has 54 heavy (non-hydrogen) atoms. The predicted octanol–water partition coefficient (Wildman–Crippen LogP) is 15.1. The predicted molar refractivity (Wildman–Crippen MR) is 237 cm³/mol. The van der Waals surface area contributed by atoms with Gasteiger partial charge in [0.05, 0.1) is 0 Å². The summed E-state index contributed by atoms with van der Waals surface area (Å²) < 4.78 is 2.73. The van der Waals surface area contributed by atoms with E-state index in [1.807, 2.05) is 17.4 Å². The average molecular weight is 716 g/mol. The number of nitrogens with zero attached hydrogens (tertiary/aromatic N) is 1. The minimum Gasteiger partial charge on any atom is -0.311 e. The number of hydrogen-bond donors (Lipinski definition) is 0. The van der Waals surface area contributed by atoms with Gasteiger partial charge in [-0.15, -0.1) is 11.3 Å². The molecule has 9 rings (SSSR count). The highest BCUT2D eigenvalue weighted by atomic mass is 32.1. The molecule has 0 saturated heterocycles. The fourth-order valence-corrected chi connectivity index (χ4v) is 10.3. The highest BCUT2D eigenvalue weighted by Crippen LogP contribution is 2.50. The van der Waals surface area contributed by atoms with Crippen LogP contribution in [0.2, 0.25) is 0 Å². The fourth-order valence-electron chi connectivity index (χ4n) is 9.12. The summed E-state index contributed by atoms with van der Waals surface area (Å²) in [7, 11) is 0. The van der Waals surface area contributed by atoms with Crippen LogP contribution in [0.25, 0.3) is 53.7 Å². The lowest BCUT2D eigenvalue weighted by Crippen LogP contribution is -2.19. The summed E-state index contributed by atoms with van der Waals surface area (Å²) in [6, 6.07) is 44.8. The Kier molecular flexibility index (Phi) is 8.03. The molecule has 7 aromatic rings. The summed E-state index contributed by atoms with van der Waals surface area (Å²) >= 11 is 1.91. The number of fused-ring (bicyclic) bond motifs is 7. The van der Waals surface area contributed by atoms with Gasteiger partial charge in [0.1, 0.15) is 0 Å². The zero-order valence-corrected chi connectivity index (χ0v) is 32.8. The monoisotopic (exact) mass is 715 g/mol. The SMILES string of the molecule is C=CC1=C(C)c2ccc(N(C(/C=C\C3=Cc4c(ccc5c4sc4ccccc45)C3(C)C)=C/C)c3ccc(-c4cccc5ccccc45)cc3)cc2C1(C)C. The van der Waals surface area contributed by atoms with Gasteiger partial charge in [-0.1, -0.05) is 143 Å². The van der Waals surface area contributed by atoms with Gasteiger partial charge in [-0.2, -0.15) is 0 Å². The number of rotatable bonds is 7. The largest absolute Gasteiger partial charge is 0.311 e. The van der Waals surface area contributed by atoms with E-state index in [0.29, 0.717) is 0 Å². The van der Waals surface area contributed by atoms with E-state index < -0.39 is 0 Å². The van der Waals surface area contributed by atoms with Crippen LogP contribution in [-0.2, 0) is 10.8 Å². The van der Waals surface area contributed by atoms with E-state index in [-0.39, 0.29) is 10.8 Å². The van der Waals surface area contributed by atoms with E-state index in [0.717, 1.165) is 17.1 Å². The molecule has 0 atom stereocenters. The summed E-state index contributed by atoms with van der Waals surface area (Å²) in [5.74, 6) is 0. The lowest BCUT2D eigenvalue weighted by atomic mass is 9.81. The zero-order chi connectivity index (χ0) is 37.4. The van der Waals surface area contributed by atoms with Crippen molar-refractivity contribution < 1.29 is 0 Å². The summed E-state index contributed by atoms with van der Waals surface area (Å²) in [5.41, 5.74) is 14.9. The van der Waals surface area contributed by atoms with Gasteiger partial charge >= 0.3 is 0 Å². The number of benzene rings is 6. The fraction of sp³-hybridized carbons (Fsp3) is 0.154. The number of allylic oxidation sites excluding steroid dienone is 7. The topological polar surface area (TPSA) is 3.24 Å². The van der Waals surface area contributed by atoms with Crippen molar-refractivity contribution in [2.45, 2.75) is 52.4 Å². The second kappa shape index (κ2) is 12.7. The van der Waals surface area contributed by atoms with Crippen molar-refractivity contribution in [3.63, 3.8) is 0 Å². The third-order valence-electron chi connectivity index (χ3n) is 12.1. The second-order valence-electron chi connectivity index (χ2n) is 15.8. The summed E-state index contributed by atoms with van der Waals surface area (Å²) in [5, 5.41) is 5.22. The van der Waals surface area contributed by atoms with Gasteiger partial charge in [-0.05, 0) is 117 Å². The Morgan fingerprint density at radius 3 is 2.19 bits per heavy atom. The van der Waals surface area contributed by atoms with Gasteiger partial charge in [0.15, 0.2) is 0 Å². The molecular formula is C52H45NS. The molecule has 1 aromatic heterocycles. The maximum absolute atomic E-state index is 4.20. The van der Waals surface area contributed by atoms with Crippen molar-refractivity contribution in [2.75, 3.05) is 4.90 Å². The molecule has 264 valence electrons. The van der Waals surface area contributed by atoms with Gasteiger partial charge in [-0.3, -0.25) is 0 Å². The Labute approximate surface area is 323 Å². The van der Waals surface area contributed by atoms with E-state index in [9.17, 15) is 0 Å². The molecule has 2 aliphatic rings. The Morgan fingerprint density at radius 2 is 1.41 bits per heavy atom. The summed E-state index contributed by atoms with van der Waals surface area (Å²) in [6.07, 6.45) is 11.4. The summed E-state index contributed by atoms with van der Waals surface area (Å²) in [4.78, 5) is 2.42.